The fourth-order valence-electron chi connectivity index (χ4n) is 3.30. The van der Waals surface area contributed by atoms with Crippen LogP contribution in [0.5, 0.6) is 0 Å². The van der Waals surface area contributed by atoms with Gasteiger partial charge in [0.15, 0.2) is 10.8 Å². The maximum atomic E-state index is 12.6. The van der Waals surface area contributed by atoms with Crippen LogP contribution >= 0.6 is 11.8 Å². The molecule has 2 N–H and O–H groups in total. The number of fused-ring (bicyclic) bond motifs is 1. The van der Waals surface area contributed by atoms with E-state index in [-0.39, 0.29) is 11.3 Å². The van der Waals surface area contributed by atoms with Gasteiger partial charge in [-0.05, 0) is 29.0 Å². The Kier molecular flexibility index (Phi) is 8.00. The van der Waals surface area contributed by atoms with Crippen molar-refractivity contribution in [1.82, 2.24) is 25.1 Å². The number of rotatable bonds is 9. The summed E-state index contributed by atoms with van der Waals surface area (Å²) in [6, 6.07) is 7.81. The second-order valence-corrected chi connectivity index (χ2v) is 11.5. The van der Waals surface area contributed by atoms with Gasteiger partial charge in [-0.3, -0.25) is 4.79 Å². The molecule has 3 aromatic rings. The number of nitrogens with one attached hydrogen (secondary N) is 2. The molecule has 0 saturated carbocycles. The molecule has 1 amide bonds. The lowest BCUT2D eigenvalue weighted by molar-refractivity contribution is 0.0952. The topological polar surface area (TPSA) is 84.7 Å². The summed E-state index contributed by atoms with van der Waals surface area (Å²) in [5, 5.41) is 13.0. The number of carbonyl (C=O) groups excluding carboxylic acids is 1. The summed E-state index contributed by atoms with van der Waals surface area (Å²) in [4.78, 5) is 22.1. The van der Waals surface area contributed by atoms with Crippen molar-refractivity contribution in [2.45, 2.75) is 70.8 Å². The van der Waals surface area contributed by atoms with Gasteiger partial charge in [-0.2, -0.15) is 5.10 Å². The molecule has 2 aromatic heterocycles. The molecule has 2 heterocycles. The molecule has 0 saturated heterocycles. The monoisotopic (exact) mass is 468 g/mol. The van der Waals surface area contributed by atoms with Crippen LogP contribution in [0.15, 0.2) is 35.6 Å². The minimum atomic E-state index is -0.0862. The molecular formula is C25H36N6OS. The van der Waals surface area contributed by atoms with Gasteiger partial charge in [0.25, 0.3) is 5.91 Å². The summed E-state index contributed by atoms with van der Waals surface area (Å²) in [5.74, 6) is 1.22. The minimum Gasteiger partial charge on any atom is -0.369 e. The highest BCUT2D eigenvalue weighted by atomic mass is 32.2. The van der Waals surface area contributed by atoms with Crippen molar-refractivity contribution in [3.8, 4) is 0 Å². The molecule has 0 aliphatic heterocycles. The average Bonchev–Trinajstić information content (AvgIpc) is 3.14. The molecule has 3 rings (SSSR count). The Bertz CT molecular complexity index is 1080. The van der Waals surface area contributed by atoms with Gasteiger partial charge in [0, 0.05) is 23.9 Å². The molecule has 0 radical (unpaired) electrons. The van der Waals surface area contributed by atoms with Crippen LogP contribution in [0.1, 0.15) is 64.4 Å². The van der Waals surface area contributed by atoms with Gasteiger partial charge < -0.3 is 10.6 Å². The van der Waals surface area contributed by atoms with Crippen molar-refractivity contribution in [3.05, 3.63) is 41.6 Å². The van der Waals surface area contributed by atoms with Gasteiger partial charge in [-0.25, -0.2) is 14.6 Å². The highest BCUT2D eigenvalue weighted by molar-refractivity contribution is 7.99. The van der Waals surface area contributed by atoms with Gasteiger partial charge in [0.1, 0.15) is 5.82 Å². The van der Waals surface area contributed by atoms with Gasteiger partial charge in [0.2, 0.25) is 0 Å². The molecule has 0 spiro atoms. The number of nitrogens with zero attached hydrogens (tertiary/aromatic N) is 4. The summed E-state index contributed by atoms with van der Waals surface area (Å²) < 4.78 is 1.84. The predicted octanol–water partition coefficient (Wildman–Crippen LogP) is 5.12. The summed E-state index contributed by atoms with van der Waals surface area (Å²) in [6.07, 6.45) is 1.80. The summed E-state index contributed by atoms with van der Waals surface area (Å²) in [6.45, 7) is 16.9. The lowest BCUT2D eigenvalue weighted by atomic mass is 9.87. The predicted molar refractivity (Wildman–Crippen MR) is 137 cm³/mol. The first-order chi connectivity index (χ1) is 15.5. The lowest BCUT2D eigenvalue weighted by Crippen LogP contribution is -2.27. The van der Waals surface area contributed by atoms with Gasteiger partial charge >= 0.3 is 0 Å². The molecule has 8 heteroatoms. The number of hydrogen-bond donors (Lipinski definition) is 2. The first kappa shape index (κ1) is 25.0. The molecule has 0 fully saturated rings. The number of aromatic nitrogens is 4. The standard InChI is InChI=1S/C25H36N6OS/c1-16(2)14-27-21-20-15-28-31(22(20)30-24(29-21)33-17(3)4)13-12-26-23(32)18-8-10-19(11-9-18)25(5,6)7/h8-11,15-17H,12-14H2,1-7H3,(H,26,32)(H,27,29,30). The Hall–Kier alpha value is -2.61. The normalized spacial score (nSPS) is 12.0. The smallest absolute Gasteiger partial charge is 0.251 e. The second-order valence-electron chi connectivity index (χ2n) is 9.98. The number of benzene rings is 1. The number of anilines is 1. The van der Waals surface area contributed by atoms with Crippen LogP contribution in [0.3, 0.4) is 0 Å². The first-order valence-corrected chi connectivity index (χ1v) is 12.5. The van der Waals surface area contributed by atoms with Crippen LogP contribution < -0.4 is 10.6 Å². The molecule has 0 aliphatic carbocycles. The molecule has 0 aliphatic rings. The number of carbonyl (C=O) groups is 1. The van der Waals surface area contributed by atoms with Crippen LogP contribution in [0, 0.1) is 5.92 Å². The highest BCUT2D eigenvalue weighted by Crippen LogP contribution is 2.27. The molecule has 33 heavy (non-hydrogen) atoms. The zero-order valence-corrected chi connectivity index (χ0v) is 21.6. The number of hydrogen-bond acceptors (Lipinski definition) is 6. The molecule has 0 bridgehead atoms. The average molecular weight is 469 g/mol. The van der Waals surface area contributed by atoms with Gasteiger partial charge in [0.05, 0.1) is 18.1 Å². The highest BCUT2D eigenvalue weighted by Gasteiger charge is 2.16. The SMILES string of the molecule is CC(C)CNc1nc(SC(C)C)nc2c1cnn2CCNC(=O)c1ccc(C(C)(C)C)cc1. The third-order valence-electron chi connectivity index (χ3n) is 5.12. The Morgan fingerprint density at radius 1 is 1.09 bits per heavy atom. The fourth-order valence-corrected chi connectivity index (χ4v) is 4.00. The van der Waals surface area contributed by atoms with Crippen molar-refractivity contribution in [3.63, 3.8) is 0 Å². The summed E-state index contributed by atoms with van der Waals surface area (Å²) in [5.41, 5.74) is 2.71. The molecule has 1 aromatic carbocycles. The maximum Gasteiger partial charge on any atom is 0.251 e. The quantitative estimate of drug-likeness (QED) is 0.335. The van der Waals surface area contributed by atoms with Crippen molar-refractivity contribution >= 4 is 34.5 Å². The van der Waals surface area contributed by atoms with Crippen LogP contribution in [0.25, 0.3) is 11.0 Å². The van der Waals surface area contributed by atoms with E-state index >= 15 is 0 Å². The largest absolute Gasteiger partial charge is 0.369 e. The Balaban J connectivity index is 1.72. The van der Waals surface area contributed by atoms with Crippen LogP contribution in [0.4, 0.5) is 5.82 Å². The molecule has 0 atom stereocenters. The fraction of sp³-hybridized carbons (Fsp3) is 0.520. The van der Waals surface area contributed by atoms with Gasteiger partial charge in [-0.1, -0.05) is 72.4 Å². The van der Waals surface area contributed by atoms with Crippen molar-refractivity contribution in [1.29, 1.82) is 0 Å². The van der Waals surface area contributed by atoms with Crippen LogP contribution in [-0.2, 0) is 12.0 Å². The van der Waals surface area contributed by atoms with Crippen LogP contribution in [-0.4, -0.2) is 44.0 Å². The molecule has 7 nitrogen and oxygen atoms in total. The van der Waals surface area contributed by atoms with E-state index in [0.29, 0.717) is 29.8 Å². The van der Waals surface area contributed by atoms with E-state index in [4.69, 9.17) is 9.97 Å². The number of amides is 1. The van der Waals surface area contributed by atoms with E-state index in [1.165, 1.54) is 5.56 Å². The number of thioether (sulfide) groups is 1. The van der Waals surface area contributed by atoms with Crippen molar-refractivity contribution in [2.75, 3.05) is 18.4 Å². The van der Waals surface area contributed by atoms with Crippen LogP contribution in [0.2, 0.25) is 0 Å². The Morgan fingerprint density at radius 3 is 2.39 bits per heavy atom. The van der Waals surface area contributed by atoms with Crippen molar-refractivity contribution < 1.29 is 4.79 Å². The van der Waals surface area contributed by atoms with E-state index in [2.05, 4.69) is 64.2 Å². The van der Waals surface area contributed by atoms with Crippen molar-refractivity contribution in [2.24, 2.45) is 5.92 Å². The lowest BCUT2D eigenvalue weighted by Gasteiger charge is -2.19. The zero-order chi connectivity index (χ0) is 24.2. The summed E-state index contributed by atoms with van der Waals surface area (Å²) in [7, 11) is 0. The molecule has 178 valence electrons. The van der Waals surface area contributed by atoms with Gasteiger partial charge in [-0.15, -0.1) is 0 Å². The third kappa shape index (κ3) is 6.69. The Morgan fingerprint density at radius 2 is 1.79 bits per heavy atom. The zero-order valence-electron chi connectivity index (χ0n) is 20.8. The van der Waals surface area contributed by atoms with E-state index in [9.17, 15) is 4.79 Å². The summed E-state index contributed by atoms with van der Waals surface area (Å²) >= 11 is 1.63. The second kappa shape index (κ2) is 10.5. The molecular weight excluding hydrogens is 432 g/mol. The van der Waals surface area contributed by atoms with E-state index in [1.54, 1.807) is 18.0 Å². The first-order valence-electron chi connectivity index (χ1n) is 11.6. The maximum absolute atomic E-state index is 12.6. The third-order valence-corrected chi connectivity index (χ3v) is 5.98. The minimum absolute atomic E-state index is 0.0631. The van der Waals surface area contributed by atoms with E-state index < -0.39 is 0 Å². The van der Waals surface area contributed by atoms with E-state index in [1.807, 2.05) is 28.9 Å². The molecule has 0 unspecified atom stereocenters. The Labute approximate surface area is 201 Å². The van der Waals surface area contributed by atoms with E-state index in [0.717, 1.165) is 28.6 Å².